The molecule has 0 bridgehead atoms. The number of pyridine rings is 1. The molecule has 48 heavy (non-hydrogen) atoms. The maximum Gasteiger partial charge on any atom is 0.140 e. The van der Waals surface area contributed by atoms with Gasteiger partial charge in [0.2, 0.25) is 0 Å². The summed E-state index contributed by atoms with van der Waals surface area (Å²) in [4.78, 5) is 4.49. The van der Waals surface area contributed by atoms with Crippen molar-refractivity contribution >= 4 is 21.8 Å². The van der Waals surface area contributed by atoms with Gasteiger partial charge < -0.3 is 4.74 Å². The van der Waals surface area contributed by atoms with E-state index in [1.807, 2.05) is 70.0 Å². The molecule has 0 aliphatic carbocycles. The fraction of sp³-hybridized carbons (Fsp3) is 0.238. The van der Waals surface area contributed by atoms with Gasteiger partial charge >= 0.3 is 0 Å². The molecule has 0 amide bonds. The van der Waals surface area contributed by atoms with Crippen LogP contribution in [0.5, 0.6) is 11.5 Å². The molecule has 3 heterocycles. The molecule has 2 atom stereocenters. The van der Waals surface area contributed by atoms with Crippen molar-refractivity contribution in [3.63, 3.8) is 0 Å². The van der Waals surface area contributed by atoms with Crippen LogP contribution in [0.3, 0.4) is 0 Å². The van der Waals surface area contributed by atoms with E-state index in [1.54, 1.807) is 0 Å². The zero-order chi connectivity index (χ0) is 33.2. The van der Waals surface area contributed by atoms with Gasteiger partial charge in [0.25, 0.3) is 0 Å². The zero-order valence-corrected chi connectivity index (χ0v) is 28.0. The van der Waals surface area contributed by atoms with Gasteiger partial charge in [-0.3, -0.25) is 4.57 Å². The minimum absolute atomic E-state index is 0.331. The van der Waals surface area contributed by atoms with Gasteiger partial charge in [0.15, 0.2) is 0 Å². The monoisotopic (exact) mass is 636 g/mol. The highest BCUT2D eigenvalue weighted by Crippen LogP contribution is 2.39. The maximum absolute atomic E-state index is 14.3. The van der Waals surface area contributed by atoms with Crippen molar-refractivity contribution in [2.24, 2.45) is 0 Å². The molecule has 0 fully saturated rings. The lowest BCUT2D eigenvalue weighted by atomic mass is 9.82. The van der Waals surface area contributed by atoms with Crippen molar-refractivity contribution in [3.05, 3.63) is 133 Å². The summed E-state index contributed by atoms with van der Waals surface area (Å²) < 4.78 is 24.7. The minimum Gasteiger partial charge on any atom is -0.457 e. The first-order chi connectivity index (χ1) is 23.4. The number of hydrogen-bond donors (Lipinski definition) is 0. The summed E-state index contributed by atoms with van der Waals surface area (Å²) in [6.45, 7) is 9.19. The second-order valence-corrected chi connectivity index (χ2v) is 12.8. The molecule has 1 unspecified atom stereocenters. The van der Waals surface area contributed by atoms with Crippen LogP contribution in [0.1, 0.15) is 76.3 Å². The zero-order valence-electron chi connectivity index (χ0n) is 28.0. The van der Waals surface area contributed by atoms with E-state index < -0.39 is 0 Å². The Morgan fingerprint density at radius 2 is 1.44 bits per heavy atom. The van der Waals surface area contributed by atoms with Gasteiger partial charge in [0.05, 0.1) is 22.9 Å². The SMILES string of the molecule is CCCC(C)c1cccc([C@H](C)CCC)c1-c1cnn(-c2cccc(Oc3ccc4c5ccccc5n(-c5cc(F)ccn5)c4c3)c2)c1. The number of fused-ring (bicyclic) bond motifs is 3. The van der Waals surface area contributed by atoms with Crippen LogP contribution >= 0.6 is 0 Å². The first-order valence-corrected chi connectivity index (χ1v) is 17.1. The van der Waals surface area contributed by atoms with Crippen LogP contribution in [0.2, 0.25) is 0 Å². The average molecular weight is 637 g/mol. The lowest BCUT2D eigenvalue weighted by Gasteiger charge is -2.22. The van der Waals surface area contributed by atoms with E-state index in [0.717, 1.165) is 58.7 Å². The molecular formula is C42H41FN4O. The molecular weight excluding hydrogens is 595 g/mol. The first kappa shape index (κ1) is 31.4. The Morgan fingerprint density at radius 3 is 2.19 bits per heavy atom. The molecule has 0 aliphatic heterocycles. The summed E-state index contributed by atoms with van der Waals surface area (Å²) in [6.07, 6.45) is 10.2. The lowest BCUT2D eigenvalue weighted by Crippen LogP contribution is -2.03. The topological polar surface area (TPSA) is 44.9 Å². The molecule has 0 saturated carbocycles. The highest BCUT2D eigenvalue weighted by atomic mass is 19.1. The fourth-order valence-corrected chi connectivity index (χ4v) is 7.12. The second kappa shape index (κ2) is 13.5. The average Bonchev–Trinajstić information content (AvgIpc) is 3.71. The van der Waals surface area contributed by atoms with Crippen molar-refractivity contribution in [1.82, 2.24) is 19.3 Å². The van der Waals surface area contributed by atoms with Gasteiger partial charge in [-0.2, -0.15) is 5.10 Å². The molecule has 5 nitrogen and oxygen atoms in total. The van der Waals surface area contributed by atoms with Crippen molar-refractivity contribution in [2.45, 2.75) is 65.2 Å². The van der Waals surface area contributed by atoms with Crippen molar-refractivity contribution in [3.8, 4) is 34.1 Å². The molecule has 0 N–H and O–H groups in total. The van der Waals surface area contributed by atoms with Gasteiger partial charge in [-0.05, 0) is 77.8 Å². The summed E-state index contributed by atoms with van der Waals surface area (Å²) in [5, 5.41) is 6.95. The summed E-state index contributed by atoms with van der Waals surface area (Å²) in [7, 11) is 0. The predicted molar refractivity (Wildman–Crippen MR) is 194 cm³/mol. The molecule has 3 aromatic heterocycles. The Morgan fingerprint density at radius 1 is 0.729 bits per heavy atom. The Bertz CT molecular complexity index is 2180. The second-order valence-electron chi connectivity index (χ2n) is 12.8. The van der Waals surface area contributed by atoms with Crippen LogP contribution in [0.4, 0.5) is 4.39 Å². The smallest absolute Gasteiger partial charge is 0.140 e. The highest BCUT2D eigenvalue weighted by Gasteiger charge is 2.20. The molecule has 0 radical (unpaired) electrons. The first-order valence-electron chi connectivity index (χ1n) is 17.1. The third-order valence-electron chi connectivity index (χ3n) is 9.41. The number of aromatic nitrogens is 4. The van der Waals surface area contributed by atoms with Crippen LogP contribution in [0.15, 0.2) is 116 Å². The van der Waals surface area contributed by atoms with Crippen LogP contribution < -0.4 is 4.74 Å². The third kappa shape index (κ3) is 5.99. The molecule has 6 heteroatoms. The number of benzene rings is 4. The normalized spacial score (nSPS) is 12.9. The Balaban J connectivity index is 1.23. The number of nitrogens with zero attached hydrogens (tertiary/aromatic N) is 4. The largest absolute Gasteiger partial charge is 0.457 e. The van der Waals surface area contributed by atoms with Crippen molar-refractivity contribution in [1.29, 1.82) is 0 Å². The highest BCUT2D eigenvalue weighted by molar-refractivity contribution is 6.09. The molecule has 242 valence electrons. The number of rotatable bonds is 11. The number of para-hydroxylation sites is 1. The number of halogens is 1. The molecule has 7 aromatic rings. The maximum atomic E-state index is 14.3. The van der Waals surface area contributed by atoms with Crippen LogP contribution in [-0.2, 0) is 0 Å². The van der Waals surface area contributed by atoms with E-state index in [0.29, 0.717) is 29.2 Å². The van der Waals surface area contributed by atoms with E-state index in [4.69, 9.17) is 9.84 Å². The van der Waals surface area contributed by atoms with Gasteiger partial charge in [0, 0.05) is 46.9 Å². The van der Waals surface area contributed by atoms with E-state index in [1.165, 1.54) is 35.0 Å². The number of ether oxygens (including phenoxy) is 1. The lowest BCUT2D eigenvalue weighted by molar-refractivity contribution is 0.483. The molecule has 0 spiro atoms. The molecule has 0 saturated heterocycles. The van der Waals surface area contributed by atoms with Gasteiger partial charge in [0.1, 0.15) is 23.1 Å². The summed E-state index contributed by atoms with van der Waals surface area (Å²) in [6, 6.07) is 31.8. The fourth-order valence-electron chi connectivity index (χ4n) is 7.12. The van der Waals surface area contributed by atoms with Gasteiger partial charge in [-0.1, -0.05) is 83.0 Å². The van der Waals surface area contributed by atoms with E-state index in [-0.39, 0.29) is 5.82 Å². The van der Waals surface area contributed by atoms with Crippen molar-refractivity contribution < 1.29 is 9.13 Å². The quantitative estimate of drug-likeness (QED) is 0.142. The van der Waals surface area contributed by atoms with E-state index >= 15 is 0 Å². The summed E-state index contributed by atoms with van der Waals surface area (Å²) in [5.41, 5.74) is 8.03. The predicted octanol–water partition coefficient (Wildman–Crippen LogP) is 11.8. The standard InChI is InChI=1S/C42H41FN4O/c1-5-11-28(3)35-16-10-17-36(29(4)12-6-2)42(35)30-26-45-46(27-30)32-13-9-14-33(24-32)48-34-19-20-38-37-15-7-8-18-39(37)47(40(38)25-34)41-23-31(43)21-22-44-41/h7-10,13-29H,5-6,11-12H2,1-4H3/t28-,29?/m1/s1. The Labute approximate surface area is 281 Å². The third-order valence-corrected chi connectivity index (χ3v) is 9.41. The van der Waals surface area contributed by atoms with E-state index in [9.17, 15) is 4.39 Å². The summed E-state index contributed by atoms with van der Waals surface area (Å²) in [5.74, 6) is 2.49. The molecule has 0 aliphatic rings. The minimum atomic E-state index is -0.331. The number of hydrogen-bond acceptors (Lipinski definition) is 3. The van der Waals surface area contributed by atoms with Crippen LogP contribution in [-0.4, -0.2) is 19.3 Å². The van der Waals surface area contributed by atoms with Gasteiger partial charge in [-0.25, -0.2) is 14.1 Å². The Hall–Kier alpha value is -5.23. The van der Waals surface area contributed by atoms with Crippen LogP contribution in [0.25, 0.3) is 44.4 Å². The molecule has 4 aromatic carbocycles. The summed E-state index contributed by atoms with van der Waals surface area (Å²) >= 11 is 0. The Kier molecular flexibility index (Phi) is 8.81. The van der Waals surface area contributed by atoms with E-state index in [2.05, 4.69) is 69.2 Å². The van der Waals surface area contributed by atoms with Crippen molar-refractivity contribution in [2.75, 3.05) is 0 Å². The van der Waals surface area contributed by atoms with Gasteiger partial charge in [-0.15, -0.1) is 0 Å². The van der Waals surface area contributed by atoms with Crippen LogP contribution in [0, 0.1) is 5.82 Å². The molecule has 7 rings (SSSR count).